The number of benzene rings is 1. The zero-order valence-corrected chi connectivity index (χ0v) is 12.8. The van der Waals surface area contributed by atoms with E-state index < -0.39 is 0 Å². The number of aromatic nitrogens is 2. The summed E-state index contributed by atoms with van der Waals surface area (Å²) in [7, 11) is 5.58. The minimum atomic E-state index is 0.529. The number of hydrogen-bond donors (Lipinski definition) is 0. The van der Waals surface area contributed by atoms with Gasteiger partial charge in [-0.1, -0.05) is 15.9 Å². The Balaban J connectivity index is 2.26. The molecular weight excluding hydrogens is 310 g/mol. The fourth-order valence-corrected chi connectivity index (χ4v) is 2.04. The van der Waals surface area contributed by atoms with Gasteiger partial charge in [-0.05, 0) is 37.9 Å². The summed E-state index contributed by atoms with van der Waals surface area (Å²) in [4.78, 5) is 1.98. The first-order chi connectivity index (χ1) is 9.10. The highest BCUT2D eigenvalue weighted by Crippen LogP contribution is 2.25. The van der Waals surface area contributed by atoms with Crippen molar-refractivity contribution < 1.29 is 9.15 Å². The average Bonchev–Trinajstić information content (AvgIpc) is 2.80. The molecule has 0 aliphatic rings. The van der Waals surface area contributed by atoms with Crippen molar-refractivity contribution in [2.45, 2.75) is 13.2 Å². The maximum absolute atomic E-state index is 5.63. The van der Waals surface area contributed by atoms with Crippen LogP contribution < -0.4 is 0 Å². The second-order valence-corrected chi connectivity index (χ2v) is 5.33. The number of nitrogens with zero attached hydrogens (tertiary/aromatic N) is 3. The summed E-state index contributed by atoms with van der Waals surface area (Å²) in [6.07, 6.45) is 0. The third-order valence-corrected chi connectivity index (χ3v) is 3.28. The van der Waals surface area contributed by atoms with Crippen molar-refractivity contribution in [3.05, 3.63) is 34.1 Å². The lowest BCUT2D eigenvalue weighted by molar-refractivity contribution is 0.184. The van der Waals surface area contributed by atoms with Crippen molar-refractivity contribution in [1.29, 1.82) is 0 Å². The van der Waals surface area contributed by atoms with Crippen LogP contribution in [0.5, 0.6) is 0 Å². The van der Waals surface area contributed by atoms with E-state index in [1.165, 1.54) is 0 Å². The predicted octanol–water partition coefficient (Wildman–Crippen LogP) is 2.71. The zero-order chi connectivity index (χ0) is 13.8. The summed E-state index contributed by atoms with van der Waals surface area (Å²) < 4.78 is 11.8. The van der Waals surface area contributed by atoms with Crippen molar-refractivity contribution >= 4 is 15.9 Å². The number of methoxy groups -OCH3 is 1. The van der Waals surface area contributed by atoms with Crippen LogP contribution in [0.3, 0.4) is 0 Å². The Bertz CT molecular complexity index is 555. The summed E-state index contributed by atoms with van der Waals surface area (Å²) in [5.41, 5.74) is 1.94. The van der Waals surface area contributed by atoms with Gasteiger partial charge in [0.05, 0.1) is 13.2 Å². The zero-order valence-electron chi connectivity index (χ0n) is 11.2. The first-order valence-electron chi connectivity index (χ1n) is 5.85. The number of halogens is 1. The van der Waals surface area contributed by atoms with Gasteiger partial charge in [0.15, 0.2) is 0 Å². The van der Waals surface area contributed by atoms with Crippen LogP contribution in [-0.4, -0.2) is 36.3 Å². The highest BCUT2D eigenvalue weighted by atomic mass is 79.9. The Hall–Kier alpha value is -1.24. The van der Waals surface area contributed by atoms with E-state index in [0.29, 0.717) is 24.9 Å². The largest absolute Gasteiger partial charge is 0.419 e. The van der Waals surface area contributed by atoms with Crippen LogP contribution in [0.4, 0.5) is 0 Å². The van der Waals surface area contributed by atoms with Gasteiger partial charge in [-0.3, -0.25) is 0 Å². The normalized spacial score (nSPS) is 11.2. The maximum Gasteiger partial charge on any atom is 0.247 e. The van der Waals surface area contributed by atoms with Crippen LogP contribution in [0.1, 0.15) is 11.5 Å². The van der Waals surface area contributed by atoms with Crippen LogP contribution >= 0.6 is 15.9 Å². The Morgan fingerprint density at radius 1 is 1.32 bits per heavy atom. The van der Waals surface area contributed by atoms with Crippen molar-refractivity contribution in [2.75, 3.05) is 21.2 Å². The molecule has 1 aromatic carbocycles. The molecule has 6 heteroatoms. The average molecular weight is 326 g/mol. The third-order valence-electron chi connectivity index (χ3n) is 2.51. The van der Waals surface area contributed by atoms with Crippen LogP contribution in [0.2, 0.25) is 0 Å². The molecule has 0 aliphatic carbocycles. The molecule has 1 aromatic heterocycles. The lowest BCUT2D eigenvalue weighted by atomic mass is 10.1. The minimum Gasteiger partial charge on any atom is -0.419 e. The van der Waals surface area contributed by atoms with Crippen LogP contribution in [0.25, 0.3) is 11.5 Å². The highest BCUT2D eigenvalue weighted by Gasteiger charge is 2.11. The topological polar surface area (TPSA) is 51.4 Å². The molecule has 0 atom stereocenters. The minimum absolute atomic E-state index is 0.529. The van der Waals surface area contributed by atoms with E-state index in [0.717, 1.165) is 15.6 Å². The van der Waals surface area contributed by atoms with Gasteiger partial charge in [0.2, 0.25) is 11.8 Å². The fourth-order valence-electron chi connectivity index (χ4n) is 1.68. The van der Waals surface area contributed by atoms with E-state index in [1.54, 1.807) is 7.11 Å². The summed E-state index contributed by atoms with van der Waals surface area (Å²) in [5.74, 6) is 1.14. The van der Waals surface area contributed by atoms with Crippen LogP contribution in [0, 0.1) is 0 Å². The van der Waals surface area contributed by atoms with Gasteiger partial charge in [-0.2, -0.15) is 0 Å². The quantitative estimate of drug-likeness (QED) is 0.846. The standard InChI is InChI=1S/C13H16BrN3O2/c1-17(2)7-12-15-16-13(19-12)9-4-5-11(14)10(6-9)8-18-3/h4-6H,7-8H2,1-3H3. The van der Waals surface area contributed by atoms with Crippen LogP contribution in [0.15, 0.2) is 27.1 Å². The van der Waals surface area contributed by atoms with E-state index in [1.807, 2.05) is 37.2 Å². The summed E-state index contributed by atoms with van der Waals surface area (Å²) >= 11 is 3.49. The Kier molecular flexibility index (Phi) is 4.68. The molecule has 0 bridgehead atoms. The molecule has 0 radical (unpaired) electrons. The molecular formula is C13H16BrN3O2. The van der Waals surface area contributed by atoms with E-state index in [9.17, 15) is 0 Å². The monoisotopic (exact) mass is 325 g/mol. The Morgan fingerprint density at radius 2 is 2.11 bits per heavy atom. The Morgan fingerprint density at radius 3 is 2.79 bits per heavy atom. The molecule has 0 amide bonds. The summed E-state index contributed by atoms with van der Waals surface area (Å²) in [5, 5.41) is 8.10. The molecule has 0 saturated heterocycles. The molecule has 2 aromatic rings. The molecule has 1 heterocycles. The fraction of sp³-hybridized carbons (Fsp3) is 0.385. The first kappa shape index (κ1) is 14.2. The van der Waals surface area contributed by atoms with Gasteiger partial charge < -0.3 is 14.1 Å². The molecule has 5 nitrogen and oxygen atoms in total. The van der Waals surface area contributed by atoms with Gasteiger partial charge in [-0.15, -0.1) is 10.2 Å². The maximum atomic E-state index is 5.63. The van der Waals surface area contributed by atoms with Gasteiger partial charge >= 0.3 is 0 Å². The van der Waals surface area contributed by atoms with E-state index >= 15 is 0 Å². The molecule has 0 N–H and O–H groups in total. The smallest absolute Gasteiger partial charge is 0.247 e. The molecule has 0 spiro atoms. The summed E-state index contributed by atoms with van der Waals surface area (Å²) in [6, 6.07) is 5.89. The molecule has 2 rings (SSSR count). The second-order valence-electron chi connectivity index (χ2n) is 4.48. The van der Waals surface area contributed by atoms with Gasteiger partial charge in [-0.25, -0.2) is 0 Å². The Labute approximate surface area is 120 Å². The van der Waals surface area contributed by atoms with E-state index in [4.69, 9.17) is 9.15 Å². The van der Waals surface area contributed by atoms with Gasteiger partial charge in [0, 0.05) is 17.1 Å². The van der Waals surface area contributed by atoms with Crippen molar-refractivity contribution in [3.8, 4) is 11.5 Å². The van der Waals surface area contributed by atoms with E-state index in [2.05, 4.69) is 26.1 Å². The van der Waals surface area contributed by atoms with E-state index in [-0.39, 0.29) is 0 Å². The van der Waals surface area contributed by atoms with Crippen molar-refractivity contribution in [2.24, 2.45) is 0 Å². The van der Waals surface area contributed by atoms with Crippen molar-refractivity contribution in [1.82, 2.24) is 15.1 Å². The predicted molar refractivity (Wildman–Crippen MR) is 75.5 cm³/mol. The second kappa shape index (κ2) is 6.27. The molecule has 0 fully saturated rings. The van der Waals surface area contributed by atoms with Crippen molar-refractivity contribution in [3.63, 3.8) is 0 Å². The number of hydrogen-bond acceptors (Lipinski definition) is 5. The SMILES string of the molecule is COCc1cc(-c2nnc(CN(C)C)o2)ccc1Br. The van der Waals surface area contributed by atoms with Gasteiger partial charge in [0.25, 0.3) is 0 Å². The molecule has 0 saturated carbocycles. The number of rotatable bonds is 5. The lowest BCUT2D eigenvalue weighted by Crippen LogP contribution is -2.10. The molecule has 19 heavy (non-hydrogen) atoms. The molecule has 0 unspecified atom stereocenters. The first-order valence-corrected chi connectivity index (χ1v) is 6.64. The third kappa shape index (κ3) is 3.62. The molecule has 102 valence electrons. The molecule has 0 aliphatic heterocycles. The highest BCUT2D eigenvalue weighted by molar-refractivity contribution is 9.10. The summed E-state index contributed by atoms with van der Waals surface area (Å²) in [6.45, 7) is 1.17. The number of ether oxygens (including phenoxy) is 1. The van der Waals surface area contributed by atoms with Crippen LogP contribution in [-0.2, 0) is 17.9 Å². The lowest BCUT2D eigenvalue weighted by Gasteiger charge is -2.05. The van der Waals surface area contributed by atoms with Gasteiger partial charge in [0.1, 0.15) is 0 Å².